The van der Waals surface area contributed by atoms with Gasteiger partial charge in [0.2, 0.25) is 0 Å². The van der Waals surface area contributed by atoms with E-state index in [1.54, 1.807) is 0 Å². The molecule has 0 aromatic heterocycles. The Hall–Kier alpha value is -2.82. The van der Waals surface area contributed by atoms with Crippen LogP contribution in [0.2, 0.25) is 0 Å². The van der Waals surface area contributed by atoms with Gasteiger partial charge in [0, 0.05) is 18.9 Å². The number of nitrogens with one attached hydrogen (secondary N) is 1. The van der Waals surface area contributed by atoms with Gasteiger partial charge in [-0.25, -0.2) is 4.79 Å². The van der Waals surface area contributed by atoms with Crippen molar-refractivity contribution in [1.82, 2.24) is 5.32 Å². The second-order valence-electron chi connectivity index (χ2n) is 9.04. The van der Waals surface area contributed by atoms with Crippen molar-refractivity contribution < 1.29 is 19.4 Å². The number of fused-ring (bicyclic) bond motifs is 3. The molecule has 1 aliphatic rings. The predicted octanol–water partition coefficient (Wildman–Crippen LogP) is 5.44. The fourth-order valence-electron chi connectivity index (χ4n) is 4.31. The molecule has 0 spiro atoms. The van der Waals surface area contributed by atoms with Crippen LogP contribution in [0.15, 0.2) is 48.5 Å². The number of alkyl carbamates (subject to hydrolysis) is 1. The molecule has 5 nitrogen and oxygen atoms in total. The maximum Gasteiger partial charge on any atom is 0.407 e. The number of amides is 1. The molecule has 0 bridgehead atoms. The van der Waals surface area contributed by atoms with Crippen molar-refractivity contribution in [2.75, 3.05) is 13.2 Å². The van der Waals surface area contributed by atoms with E-state index in [-0.39, 0.29) is 23.7 Å². The first kappa shape index (κ1) is 21.9. The molecule has 1 amide bonds. The number of carboxylic acid groups (broad SMARTS) is 1. The summed E-state index contributed by atoms with van der Waals surface area (Å²) in [6.07, 6.45) is 1.04. The Bertz CT molecular complexity index is 855. The van der Waals surface area contributed by atoms with Crippen LogP contribution in [0.4, 0.5) is 4.79 Å². The number of aliphatic carboxylic acids is 1. The zero-order valence-electron chi connectivity index (χ0n) is 18.0. The molecule has 0 saturated heterocycles. The van der Waals surface area contributed by atoms with Crippen molar-refractivity contribution >= 4 is 12.1 Å². The van der Waals surface area contributed by atoms with Crippen LogP contribution in [-0.4, -0.2) is 30.3 Å². The number of hydrogen-bond acceptors (Lipinski definition) is 3. The maximum atomic E-state index is 12.3. The second kappa shape index (κ2) is 9.33. The zero-order valence-corrected chi connectivity index (χ0v) is 18.0. The molecule has 0 heterocycles. The number of benzene rings is 2. The summed E-state index contributed by atoms with van der Waals surface area (Å²) in [4.78, 5) is 23.2. The summed E-state index contributed by atoms with van der Waals surface area (Å²) in [7, 11) is 0. The lowest BCUT2D eigenvalue weighted by Gasteiger charge is -2.30. The highest BCUT2D eigenvalue weighted by Crippen LogP contribution is 2.44. The van der Waals surface area contributed by atoms with Crippen molar-refractivity contribution in [1.29, 1.82) is 0 Å². The minimum absolute atomic E-state index is 0.0156. The summed E-state index contributed by atoms with van der Waals surface area (Å²) < 4.78 is 5.56. The summed E-state index contributed by atoms with van der Waals surface area (Å²) in [5, 5.41) is 11.8. The molecular weight excluding hydrogens is 378 g/mol. The van der Waals surface area contributed by atoms with Gasteiger partial charge in [0.15, 0.2) is 0 Å². The normalized spacial score (nSPS) is 14.0. The van der Waals surface area contributed by atoms with E-state index in [9.17, 15) is 9.59 Å². The highest BCUT2D eigenvalue weighted by atomic mass is 16.5. The minimum Gasteiger partial charge on any atom is -0.481 e. The average Bonchev–Trinajstić information content (AvgIpc) is 3.01. The summed E-state index contributed by atoms with van der Waals surface area (Å²) >= 11 is 0. The van der Waals surface area contributed by atoms with E-state index in [0.717, 1.165) is 6.42 Å². The molecule has 0 radical (unpaired) electrons. The number of rotatable bonds is 8. The molecule has 5 heteroatoms. The van der Waals surface area contributed by atoms with Gasteiger partial charge in [0.05, 0.1) is 0 Å². The quantitative estimate of drug-likeness (QED) is 0.608. The number of carbonyl (C=O) groups is 2. The fraction of sp³-hybridized carbons (Fsp3) is 0.440. The second-order valence-corrected chi connectivity index (χ2v) is 9.04. The van der Waals surface area contributed by atoms with E-state index in [1.807, 2.05) is 24.3 Å². The lowest BCUT2D eigenvalue weighted by molar-refractivity contribution is -0.137. The van der Waals surface area contributed by atoms with Crippen molar-refractivity contribution in [3.05, 3.63) is 59.7 Å². The molecule has 30 heavy (non-hydrogen) atoms. The van der Waals surface area contributed by atoms with Gasteiger partial charge in [0.25, 0.3) is 0 Å². The highest BCUT2D eigenvalue weighted by molar-refractivity contribution is 5.79. The van der Waals surface area contributed by atoms with Gasteiger partial charge in [-0.3, -0.25) is 4.79 Å². The Morgan fingerprint density at radius 2 is 1.57 bits per heavy atom. The first-order valence-corrected chi connectivity index (χ1v) is 10.6. The molecule has 0 saturated carbocycles. The first-order valence-electron chi connectivity index (χ1n) is 10.6. The fourth-order valence-corrected chi connectivity index (χ4v) is 4.31. The summed E-state index contributed by atoms with van der Waals surface area (Å²) in [6, 6.07) is 16.5. The van der Waals surface area contributed by atoms with E-state index < -0.39 is 12.1 Å². The molecule has 0 fully saturated rings. The number of carboxylic acids is 1. The Morgan fingerprint density at radius 1 is 1.00 bits per heavy atom. The lowest BCUT2D eigenvalue weighted by atomic mass is 9.76. The number of hydrogen-bond donors (Lipinski definition) is 2. The third kappa shape index (κ3) is 5.21. The average molecular weight is 410 g/mol. The van der Waals surface area contributed by atoms with Crippen LogP contribution < -0.4 is 5.32 Å². The van der Waals surface area contributed by atoms with Crippen LogP contribution in [0.3, 0.4) is 0 Å². The van der Waals surface area contributed by atoms with Crippen molar-refractivity contribution in [3.63, 3.8) is 0 Å². The standard InChI is InChI=1S/C25H31NO4/c1-25(2,3)17(12-13-23(27)28)14-15-26-24(29)30-16-22-20-10-6-4-8-18(20)19-9-5-7-11-21(19)22/h4-11,17,22H,12-16H2,1-3H3,(H,26,29)(H,27,28). The van der Waals surface area contributed by atoms with Crippen LogP contribution >= 0.6 is 0 Å². The maximum absolute atomic E-state index is 12.3. The van der Waals surface area contributed by atoms with Gasteiger partial charge in [-0.1, -0.05) is 69.3 Å². The van der Waals surface area contributed by atoms with Crippen LogP contribution in [-0.2, 0) is 9.53 Å². The number of ether oxygens (including phenoxy) is 1. The molecule has 1 aliphatic carbocycles. The van der Waals surface area contributed by atoms with Gasteiger partial charge in [0.1, 0.15) is 6.61 Å². The van der Waals surface area contributed by atoms with E-state index in [0.29, 0.717) is 19.6 Å². The summed E-state index contributed by atoms with van der Waals surface area (Å²) in [6.45, 7) is 7.08. The Morgan fingerprint density at radius 3 is 2.10 bits per heavy atom. The van der Waals surface area contributed by atoms with E-state index in [1.165, 1.54) is 22.3 Å². The third-order valence-corrected chi connectivity index (χ3v) is 6.04. The first-order chi connectivity index (χ1) is 14.3. The Kier molecular flexibility index (Phi) is 6.80. The van der Waals surface area contributed by atoms with Gasteiger partial charge >= 0.3 is 12.1 Å². The Labute approximate surface area is 178 Å². The molecule has 2 aromatic rings. The van der Waals surface area contributed by atoms with Crippen molar-refractivity contribution in [2.45, 2.75) is 46.0 Å². The molecule has 0 aliphatic heterocycles. The lowest BCUT2D eigenvalue weighted by Crippen LogP contribution is -2.31. The van der Waals surface area contributed by atoms with Gasteiger partial charge in [-0.15, -0.1) is 0 Å². The molecule has 1 unspecified atom stereocenters. The van der Waals surface area contributed by atoms with Gasteiger partial charge in [-0.2, -0.15) is 0 Å². The molecule has 1 atom stereocenters. The van der Waals surface area contributed by atoms with E-state index in [4.69, 9.17) is 9.84 Å². The minimum atomic E-state index is -0.784. The zero-order chi connectivity index (χ0) is 21.7. The SMILES string of the molecule is CC(C)(C)C(CCNC(=O)OCC1c2ccccc2-c2ccccc21)CCC(=O)O. The monoisotopic (exact) mass is 409 g/mol. The van der Waals surface area contributed by atoms with E-state index in [2.05, 4.69) is 50.4 Å². The molecule has 160 valence electrons. The topological polar surface area (TPSA) is 75.6 Å². The summed E-state index contributed by atoms with van der Waals surface area (Å²) in [5.74, 6) is -0.530. The molecule has 2 N–H and O–H groups in total. The van der Waals surface area contributed by atoms with Crippen LogP contribution in [0.1, 0.15) is 57.1 Å². The van der Waals surface area contributed by atoms with E-state index >= 15 is 0 Å². The molecular formula is C25H31NO4. The van der Waals surface area contributed by atoms with Crippen LogP contribution in [0.25, 0.3) is 11.1 Å². The Balaban J connectivity index is 1.53. The van der Waals surface area contributed by atoms with Crippen LogP contribution in [0, 0.1) is 11.3 Å². The predicted molar refractivity (Wildman–Crippen MR) is 118 cm³/mol. The highest BCUT2D eigenvalue weighted by Gasteiger charge is 2.29. The van der Waals surface area contributed by atoms with Crippen molar-refractivity contribution in [2.24, 2.45) is 11.3 Å². The van der Waals surface area contributed by atoms with Gasteiger partial charge < -0.3 is 15.2 Å². The third-order valence-electron chi connectivity index (χ3n) is 6.04. The molecule has 3 rings (SSSR count). The smallest absolute Gasteiger partial charge is 0.407 e. The molecule has 2 aromatic carbocycles. The largest absolute Gasteiger partial charge is 0.481 e. The van der Waals surface area contributed by atoms with Crippen molar-refractivity contribution in [3.8, 4) is 11.1 Å². The van der Waals surface area contributed by atoms with Crippen LogP contribution in [0.5, 0.6) is 0 Å². The van der Waals surface area contributed by atoms with Gasteiger partial charge in [-0.05, 0) is 46.4 Å². The number of carbonyl (C=O) groups excluding carboxylic acids is 1. The summed E-state index contributed by atoms with van der Waals surface area (Å²) in [5.41, 5.74) is 4.77.